The molecule has 2 aromatic rings. The number of allylic oxidation sites excluding steroid dienone is 1. The number of anilines is 1. The number of rotatable bonds is 6. The van der Waals surface area contributed by atoms with Crippen molar-refractivity contribution in [3.63, 3.8) is 0 Å². The van der Waals surface area contributed by atoms with Crippen LogP contribution < -0.4 is 11.1 Å². The molecule has 0 radical (unpaired) electrons. The summed E-state index contributed by atoms with van der Waals surface area (Å²) in [4.78, 5) is 40.1. The summed E-state index contributed by atoms with van der Waals surface area (Å²) < 4.78 is 12.5. The van der Waals surface area contributed by atoms with Crippen LogP contribution in [0.3, 0.4) is 0 Å². The first-order valence-corrected chi connectivity index (χ1v) is 9.75. The molecule has 1 aromatic carbocycles. The molecule has 0 aliphatic carbocycles. The van der Waals surface area contributed by atoms with E-state index in [-0.39, 0.29) is 41.0 Å². The van der Waals surface area contributed by atoms with Gasteiger partial charge in [0, 0.05) is 18.4 Å². The van der Waals surface area contributed by atoms with Crippen LogP contribution in [0.4, 0.5) is 11.5 Å². The highest BCUT2D eigenvalue weighted by Crippen LogP contribution is 2.41. The summed E-state index contributed by atoms with van der Waals surface area (Å²) in [5.74, 6) is -1.15. The lowest BCUT2D eigenvalue weighted by Crippen LogP contribution is -2.31. The molecule has 1 saturated heterocycles. The predicted molar refractivity (Wildman–Crippen MR) is 108 cm³/mol. The number of nitrogens with one attached hydrogen (secondary N) is 1. The van der Waals surface area contributed by atoms with Crippen molar-refractivity contribution in [1.29, 1.82) is 0 Å². The summed E-state index contributed by atoms with van der Waals surface area (Å²) in [6.07, 6.45) is 2.85. The number of primary amides is 1. The van der Waals surface area contributed by atoms with Gasteiger partial charge in [0.25, 0.3) is 11.6 Å². The van der Waals surface area contributed by atoms with E-state index in [4.69, 9.17) is 15.2 Å². The van der Waals surface area contributed by atoms with Gasteiger partial charge in [0.05, 0.1) is 28.5 Å². The van der Waals surface area contributed by atoms with Gasteiger partial charge in [-0.3, -0.25) is 14.9 Å². The number of carbonyl (C=O) groups is 2. The number of nitro groups is 1. The maximum atomic E-state index is 13.1. The molecule has 0 spiro atoms. The van der Waals surface area contributed by atoms with Gasteiger partial charge < -0.3 is 25.1 Å². The number of nitrogens with zero attached hydrogens (tertiary/aromatic N) is 3. The molecule has 2 unspecified atom stereocenters. The zero-order chi connectivity index (χ0) is 22.1. The van der Waals surface area contributed by atoms with Gasteiger partial charge in [0.1, 0.15) is 18.5 Å². The Morgan fingerprint density at radius 1 is 1.42 bits per heavy atom. The zero-order valence-electron chi connectivity index (χ0n) is 16.7. The third-order valence-electron chi connectivity index (χ3n) is 5.36. The Bertz CT molecular complexity index is 1090. The number of nitrogens with two attached hydrogens (primary N) is 1. The van der Waals surface area contributed by atoms with Crippen molar-refractivity contribution >= 4 is 23.4 Å². The third kappa shape index (κ3) is 3.75. The first-order valence-electron chi connectivity index (χ1n) is 9.75. The van der Waals surface area contributed by atoms with E-state index in [9.17, 15) is 19.7 Å². The molecule has 4 rings (SSSR count). The summed E-state index contributed by atoms with van der Waals surface area (Å²) >= 11 is 0. The van der Waals surface area contributed by atoms with Crippen LogP contribution >= 0.6 is 0 Å². The van der Waals surface area contributed by atoms with Gasteiger partial charge in [-0.1, -0.05) is 12.1 Å². The fourth-order valence-corrected chi connectivity index (χ4v) is 3.93. The zero-order valence-corrected chi connectivity index (χ0v) is 16.7. The molecule has 2 atom stereocenters. The molecule has 3 N–H and O–H groups in total. The van der Waals surface area contributed by atoms with E-state index in [1.54, 1.807) is 25.1 Å². The number of esters is 1. The Morgan fingerprint density at radius 2 is 2.19 bits per heavy atom. The Morgan fingerprint density at radius 3 is 2.87 bits per heavy atom. The van der Waals surface area contributed by atoms with Crippen LogP contribution in [0, 0.1) is 10.1 Å². The van der Waals surface area contributed by atoms with Crippen molar-refractivity contribution < 1.29 is 24.0 Å². The molecular weight excluding hydrogens is 406 g/mol. The number of aromatic nitrogens is 2. The second-order valence-electron chi connectivity index (χ2n) is 7.33. The second-order valence-corrected chi connectivity index (χ2v) is 7.33. The maximum Gasteiger partial charge on any atom is 0.338 e. The Labute approximate surface area is 177 Å². The molecule has 1 amide bonds. The summed E-state index contributed by atoms with van der Waals surface area (Å²) in [6, 6.07) is 5.16. The summed E-state index contributed by atoms with van der Waals surface area (Å²) in [7, 11) is 0. The third-order valence-corrected chi connectivity index (χ3v) is 5.36. The van der Waals surface area contributed by atoms with E-state index in [1.165, 1.54) is 17.0 Å². The Balaban J connectivity index is 1.79. The normalized spacial score (nSPS) is 20.2. The smallest absolute Gasteiger partial charge is 0.338 e. The van der Waals surface area contributed by atoms with Crippen molar-refractivity contribution in [1.82, 2.24) is 9.55 Å². The average molecular weight is 427 g/mol. The van der Waals surface area contributed by atoms with E-state index in [2.05, 4.69) is 10.3 Å². The molecule has 0 bridgehead atoms. The molecular formula is C20H21N5O6. The number of nitro benzene ring substituents is 1. The lowest BCUT2D eigenvalue weighted by Gasteiger charge is -2.30. The number of imidazole rings is 1. The average Bonchev–Trinajstić information content (AvgIpc) is 3.40. The highest BCUT2D eigenvalue weighted by atomic mass is 16.6. The SMILES string of the molecule is CC1=C(C(=O)OCC2CCCO2)C(c2ccccc2[N+](=O)[O-])n2cnc(C(N)=O)c2N1. The number of hydrogen-bond donors (Lipinski definition) is 2. The van der Waals surface area contributed by atoms with E-state index < -0.39 is 22.8 Å². The number of ether oxygens (including phenoxy) is 2. The summed E-state index contributed by atoms with van der Waals surface area (Å²) in [5.41, 5.74) is 6.03. The second kappa shape index (κ2) is 8.19. The predicted octanol–water partition coefficient (Wildman–Crippen LogP) is 1.90. The van der Waals surface area contributed by atoms with Crippen LogP contribution in [0.1, 0.15) is 41.9 Å². The minimum absolute atomic E-state index is 0.0327. The fourth-order valence-electron chi connectivity index (χ4n) is 3.93. The van der Waals surface area contributed by atoms with Gasteiger partial charge in [0.15, 0.2) is 5.69 Å². The maximum absolute atomic E-state index is 13.1. The van der Waals surface area contributed by atoms with Crippen LogP contribution in [-0.4, -0.2) is 45.7 Å². The Hall–Kier alpha value is -3.73. The number of para-hydroxylation sites is 1. The van der Waals surface area contributed by atoms with Gasteiger partial charge in [-0.2, -0.15) is 0 Å². The number of amides is 1. The van der Waals surface area contributed by atoms with Crippen LogP contribution in [0.15, 0.2) is 41.9 Å². The molecule has 1 fully saturated rings. The summed E-state index contributed by atoms with van der Waals surface area (Å²) in [5, 5.41) is 14.7. The van der Waals surface area contributed by atoms with E-state index >= 15 is 0 Å². The van der Waals surface area contributed by atoms with E-state index in [1.807, 2.05) is 0 Å². The highest BCUT2D eigenvalue weighted by Gasteiger charge is 2.38. The minimum atomic E-state index is -0.935. The van der Waals surface area contributed by atoms with Gasteiger partial charge in [-0.05, 0) is 25.8 Å². The molecule has 1 aromatic heterocycles. The molecule has 11 heteroatoms. The molecule has 0 saturated carbocycles. The van der Waals surface area contributed by atoms with Crippen LogP contribution in [0.5, 0.6) is 0 Å². The van der Waals surface area contributed by atoms with Crippen molar-refractivity contribution in [2.24, 2.45) is 5.73 Å². The van der Waals surface area contributed by atoms with Crippen molar-refractivity contribution in [3.8, 4) is 0 Å². The summed E-state index contributed by atoms with van der Waals surface area (Å²) in [6.45, 7) is 2.34. The Kier molecular flexibility index (Phi) is 5.42. The van der Waals surface area contributed by atoms with Crippen LogP contribution in [-0.2, 0) is 14.3 Å². The number of benzene rings is 1. The topological polar surface area (TPSA) is 152 Å². The molecule has 162 valence electrons. The van der Waals surface area contributed by atoms with Crippen molar-refractivity contribution in [2.75, 3.05) is 18.5 Å². The van der Waals surface area contributed by atoms with Crippen LogP contribution in [0.2, 0.25) is 0 Å². The molecule has 31 heavy (non-hydrogen) atoms. The van der Waals surface area contributed by atoms with Crippen molar-refractivity contribution in [2.45, 2.75) is 31.9 Å². The van der Waals surface area contributed by atoms with Gasteiger partial charge in [-0.15, -0.1) is 0 Å². The number of fused-ring (bicyclic) bond motifs is 1. The number of hydrogen-bond acceptors (Lipinski definition) is 8. The fraction of sp³-hybridized carbons (Fsp3) is 0.350. The quantitative estimate of drug-likeness (QED) is 0.403. The van der Waals surface area contributed by atoms with Gasteiger partial charge in [-0.25, -0.2) is 9.78 Å². The standard InChI is InChI=1S/C20H21N5O6/c1-11-15(20(27)31-9-12-5-4-8-30-12)17(13-6-2-3-7-14(13)25(28)29)24-10-22-16(18(21)26)19(24)23-11/h2-3,6-7,10,12,17,23H,4-5,8-9H2,1H3,(H2,21,26). The lowest BCUT2D eigenvalue weighted by molar-refractivity contribution is -0.385. The number of carbonyl (C=O) groups excluding carboxylic acids is 2. The van der Waals surface area contributed by atoms with Gasteiger partial charge >= 0.3 is 5.97 Å². The minimum Gasteiger partial charge on any atom is -0.459 e. The molecule has 11 nitrogen and oxygen atoms in total. The molecule has 2 aliphatic rings. The first kappa shape index (κ1) is 20.5. The molecule has 2 aliphatic heterocycles. The van der Waals surface area contributed by atoms with E-state index in [0.717, 1.165) is 12.8 Å². The first-order chi connectivity index (χ1) is 14.9. The molecule has 3 heterocycles. The van der Waals surface area contributed by atoms with Gasteiger partial charge in [0.2, 0.25) is 0 Å². The van der Waals surface area contributed by atoms with Crippen molar-refractivity contribution in [3.05, 3.63) is 63.2 Å². The monoisotopic (exact) mass is 427 g/mol. The van der Waals surface area contributed by atoms with Crippen LogP contribution in [0.25, 0.3) is 0 Å². The highest BCUT2D eigenvalue weighted by molar-refractivity contribution is 5.98. The lowest BCUT2D eigenvalue weighted by atomic mass is 9.93. The van der Waals surface area contributed by atoms with E-state index in [0.29, 0.717) is 12.3 Å². The largest absolute Gasteiger partial charge is 0.459 e.